The van der Waals surface area contributed by atoms with Crippen molar-refractivity contribution in [2.75, 3.05) is 0 Å². The molecule has 4 nitrogen and oxygen atoms in total. The SMILES string of the molecule is Cc1nonc1CN[C@@H](C)C1CCCCCC1. The molecule has 0 unspecified atom stereocenters. The monoisotopic (exact) mass is 237 g/mol. The van der Waals surface area contributed by atoms with Crippen LogP contribution in [0.25, 0.3) is 0 Å². The summed E-state index contributed by atoms with van der Waals surface area (Å²) in [6.07, 6.45) is 8.34. The van der Waals surface area contributed by atoms with Crippen LogP contribution in [0.5, 0.6) is 0 Å². The lowest BCUT2D eigenvalue weighted by atomic mass is 9.93. The Morgan fingerprint density at radius 2 is 1.94 bits per heavy atom. The summed E-state index contributed by atoms with van der Waals surface area (Å²) < 4.78 is 4.70. The van der Waals surface area contributed by atoms with Crippen LogP contribution in [-0.4, -0.2) is 16.4 Å². The third kappa shape index (κ3) is 3.53. The van der Waals surface area contributed by atoms with Gasteiger partial charge in [-0.3, -0.25) is 0 Å². The zero-order chi connectivity index (χ0) is 12.1. The summed E-state index contributed by atoms with van der Waals surface area (Å²) in [6.45, 7) is 5.00. The lowest BCUT2D eigenvalue weighted by Gasteiger charge is -2.23. The summed E-state index contributed by atoms with van der Waals surface area (Å²) in [5, 5.41) is 11.3. The standard InChI is InChI=1S/C13H23N3O/c1-10(12-7-5-3-4-6-8-12)14-9-13-11(2)15-17-16-13/h10,12,14H,3-9H2,1-2H3/t10-/m0/s1. The van der Waals surface area contributed by atoms with Crippen molar-refractivity contribution < 1.29 is 4.63 Å². The molecular formula is C13H23N3O. The van der Waals surface area contributed by atoms with E-state index in [1.807, 2.05) is 6.92 Å². The Morgan fingerprint density at radius 1 is 1.24 bits per heavy atom. The van der Waals surface area contributed by atoms with Crippen molar-refractivity contribution >= 4 is 0 Å². The smallest absolute Gasteiger partial charge is 0.121 e. The summed E-state index contributed by atoms with van der Waals surface area (Å²) >= 11 is 0. The predicted molar refractivity (Wildman–Crippen MR) is 66.5 cm³/mol. The summed E-state index contributed by atoms with van der Waals surface area (Å²) in [6, 6.07) is 0.559. The molecule has 1 heterocycles. The topological polar surface area (TPSA) is 51.0 Å². The Kier molecular flexibility index (Phi) is 4.54. The number of aryl methyl sites for hydroxylation is 1. The van der Waals surface area contributed by atoms with Gasteiger partial charge in [0.2, 0.25) is 0 Å². The molecule has 4 heteroatoms. The van der Waals surface area contributed by atoms with Gasteiger partial charge in [-0.05, 0) is 32.6 Å². The maximum absolute atomic E-state index is 4.70. The number of nitrogens with one attached hydrogen (secondary N) is 1. The Hall–Kier alpha value is -0.900. The first-order valence-corrected chi connectivity index (χ1v) is 6.79. The molecule has 1 aliphatic rings. The molecule has 2 rings (SSSR count). The number of nitrogens with zero attached hydrogens (tertiary/aromatic N) is 2. The molecular weight excluding hydrogens is 214 g/mol. The van der Waals surface area contributed by atoms with E-state index in [0.717, 1.165) is 23.9 Å². The van der Waals surface area contributed by atoms with E-state index in [-0.39, 0.29) is 0 Å². The van der Waals surface area contributed by atoms with Crippen LogP contribution in [0.15, 0.2) is 4.63 Å². The zero-order valence-electron chi connectivity index (χ0n) is 10.9. The van der Waals surface area contributed by atoms with Crippen molar-refractivity contribution in [1.82, 2.24) is 15.6 Å². The van der Waals surface area contributed by atoms with Gasteiger partial charge < -0.3 is 5.32 Å². The van der Waals surface area contributed by atoms with Crippen LogP contribution < -0.4 is 5.32 Å². The fourth-order valence-corrected chi connectivity index (χ4v) is 2.65. The molecule has 1 aliphatic carbocycles. The first kappa shape index (κ1) is 12.6. The second kappa shape index (κ2) is 6.15. The number of hydrogen-bond acceptors (Lipinski definition) is 4. The Morgan fingerprint density at radius 3 is 2.53 bits per heavy atom. The van der Waals surface area contributed by atoms with Gasteiger partial charge in [0.1, 0.15) is 11.4 Å². The molecule has 1 aromatic heterocycles. The maximum atomic E-state index is 4.70. The van der Waals surface area contributed by atoms with Crippen LogP contribution in [0.3, 0.4) is 0 Å². The highest BCUT2D eigenvalue weighted by Crippen LogP contribution is 2.25. The normalized spacial score (nSPS) is 20.1. The average molecular weight is 237 g/mol. The second-order valence-electron chi connectivity index (χ2n) is 5.22. The fraction of sp³-hybridized carbons (Fsp3) is 0.846. The Bertz CT molecular complexity index is 329. The minimum atomic E-state index is 0.559. The summed E-state index contributed by atoms with van der Waals surface area (Å²) in [4.78, 5) is 0. The number of rotatable bonds is 4. The van der Waals surface area contributed by atoms with Gasteiger partial charge in [-0.2, -0.15) is 0 Å². The van der Waals surface area contributed by atoms with Crippen LogP contribution >= 0.6 is 0 Å². The quantitative estimate of drug-likeness (QED) is 0.818. The van der Waals surface area contributed by atoms with E-state index < -0.39 is 0 Å². The minimum absolute atomic E-state index is 0.559. The third-order valence-electron chi connectivity index (χ3n) is 3.94. The van der Waals surface area contributed by atoms with E-state index in [1.165, 1.54) is 38.5 Å². The summed E-state index contributed by atoms with van der Waals surface area (Å²) in [5.41, 5.74) is 1.83. The lowest BCUT2D eigenvalue weighted by Crippen LogP contribution is -2.33. The van der Waals surface area contributed by atoms with Crippen LogP contribution in [-0.2, 0) is 6.54 Å². The van der Waals surface area contributed by atoms with Gasteiger partial charge in [-0.1, -0.05) is 36.0 Å². The molecule has 0 aliphatic heterocycles. The van der Waals surface area contributed by atoms with Crippen molar-refractivity contribution in [1.29, 1.82) is 0 Å². The van der Waals surface area contributed by atoms with Crippen LogP contribution in [0.2, 0.25) is 0 Å². The average Bonchev–Trinajstić information content (AvgIpc) is 2.58. The Balaban J connectivity index is 1.80. The van der Waals surface area contributed by atoms with E-state index in [1.54, 1.807) is 0 Å². The van der Waals surface area contributed by atoms with Gasteiger partial charge in [0.25, 0.3) is 0 Å². The first-order chi connectivity index (χ1) is 8.27. The molecule has 1 aromatic rings. The minimum Gasteiger partial charge on any atom is -0.308 e. The van der Waals surface area contributed by atoms with E-state index in [2.05, 4.69) is 22.6 Å². The molecule has 0 spiro atoms. The van der Waals surface area contributed by atoms with Crippen molar-refractivity contribution in [3.8, 4) is 0 Å². The zero-order valence-corrected chi connectivity index (χ0v) is 10.9. The maximum Gasteiger partial charge on any atom is 0.121 e. The van der Waals surface area contributed by atoms with Gasteiger partial charge in [0, 0.05) is 12.6 Å². The molecule has 1 atom stereocenters. The highest BCUT2D eigenvalue weighted by atomic mass is 16.6. The van der Waals surface area contributed by atoms with Crippen LogP contribution in [0, 0.1) is 12.8 Å². The molecule has 0 radical (unpaired) electrons. The third-order valence-corrected chi connectivity index (χ3v) is 3.94. The molecule has 1 fully saturated rings. The van der Waals surface area contributed by atoms with Crippen LogP contribution in [0.4, 0.5) is 0 Å². The summed E-state index contributed by atoms with van der Waals surface area (Å²) in [7, 11) is 0. The van der Waals surface area contributed by atoms with Gasteiger partial charge >= 0.3 is 0 Å². The van der Waals surface area contributed by atoms with E-state index in [0.29, 0.717) is 6.04 Å². The molecule has 96 valence electrons. The first-order valence-electron chi connectivity index (χ1n) is 6.79. The van der Waals surface area contributed by atoms with Gasteiger partial charge in [0.05, 0.1) is 0 Å². The van der Waals surface area contributed by atoms with Crippen molar-refractivity contribution in [3.05, 3.63) is 11.4 Å². The van der Waals surface area contributed by atoms with E-state index in [9.17, 15) is 0 Å². The van der Waals surface area contributed by atoms with Crippen molar-refractivity contribution in [2.45, 2.75) is 65.0 Å². The van der Waals surface area contributed by atoms with Gasteiger partial charge in [-0.25, -0.2) is 4.63 Å². The molecule has 0 saturated heterocycles. The molecule has 1 saturated carbocycles. The molecule has 0 aromatic carbocycles. The molecule has 1 N–H and O–H groups in total. The van der Waals surface area contributed by atoms with Crippen molar-refractivity contribution in [3.63, 3.8) is 0 Å². The molecule has 0 bridgehead atoms. The fourth-order valence-electron chi connectivity index (χ4n) is 2.65. The highest BCUT2D eigenvalue weighted by Gasteiger charge is 2.19. The largest absolute Gasteiger partial charge is 0.308 e. The highest BCUT2D eigenvalue weighted by molar-refractivity contribution is 5.04. The van der Waals surface area contributed by atoms with Gasteiger partial charge in [0.15, 0.2) is 0 Å². The second-order valence-corrected chi connectivity index (χ2v) is 5.22. The Labute approximate surface area is 103 Å². The molecule has 0 amide bonds. The summed E-state index contributed by atoms with van der Waals surface area (Å²) in [5.74, 6) is 0.817. The van der Waals surface area contributed by atoms with Crippen LogP contribution in [0.1, 0.15) is 56.8 Å². The molecule has 17 heavy (non-hydrogen) atoms. The van der Waals surface area contributed by atoms with E-state index in [4.69, 9.17) is 4.63 Å². The lowest BCUT2D eigenvalue weighted by molar-refractivity contribution is 0.296. The number of aromatic nitrogens is 2. The van der Waals surface area contributed by atoms with Gasteiger partial charge in [-0.15, -0.1) is 0 Å². The van der Waals surface area contributed by atoms with Crippen molar-refractivity contribution in [2.24, 2.45) is 5.92 Å². The van der Waals surface area contributed by atoms with E-state index >= 15 is 0 Å². The number of hydrogen-bond donors (Lipinski definition) is 1. The predicted octanol–water partition coefficient (Wildman–Crippen LogP) is 2.83.